The lowest BCUT2D eigenvalue weighted by Gasteiger charge is -2.57. The van der Waals surface area contributed by atoms with Gasteiger partial charge in [0.1, 0.15) is 31.0 Å². The summed E-state index contributed by atoms with van der Waals surface area (Å²) in [5, 5.41) is 1.88. The Bertz CT molecular complexity index is 1410. The molecule has 6 nitrogen and oxygen atoms in total. The zero-order valence-electron chi connectivity index (χ0n) is 29.0. The van der Waals surface area contributed by atoms with Crippen molar-refractivity contribution in [1.82, 2.24) is 0 Å². The second-order valence-corrected chi connectivity index (χ2v) is 25.3. The van der Waals surface area contributed by atoms with Gasteiger partial charge in [0.2, 0.25) is 5.79 Å². The largest absolute Gasteiger partial charge is 0.399 e. The van der Waals surface area contributed by atoms with Crippen LogP contribution in [-0.4, -0.2) is 60.3 Å². The van der Waals surface area contributed by atoms with Crippen molar-refractivity contribution in [1.29, 1.82) is 0 Å². The number of benzene rings is 3. The maximum atomic E-state index is 7.87. The van der Waals surface area contributed by atoms with Gasteiger partial charge in [0.05, 0.1) is 13.2 Å². The molecule has 0 radical (unpaired) electrons. The van der Waals surface area contributed by atoms with Crippen LogP contribution in [0.4, 0.5) is 0 Å². The second kappa shape index (κ2) is 12.1. The molecule has 3 fully saturated rings. The van der Waals surface area contributed by atoms with E-state index in [0.717, 1.165) is 5.56 Å². The summed E-state index contributed by atoms with van der Waals surface area (Å²) in [6.45, 7) is 21.7. The zero-order valence-corrected chi connectivity index (χ0v) is 31.0. The molecule has 0 spiro atoms. The average molecular weight is 661 g/mol. The second-order valence-electron chi connectivity index (χ2n) is 16.2. The maximum absolute atomic E-state index is 7.87. The van der Waals surface area contributed by atoms with Crippen molar-refractivity contribution in [2.24, 2.45) is 0 Å². The molecule has 3 saturated heterocycles. The standard InChI is InChI=1S/C38H52O6Si2/c1-35(2,3)45(29-21-15-11-16-22-29,30-23-17-12-18-24-30)43-33-32-31(26-40-46(44-32,36(4,5)6)37(7,8)9)41-38(34(33)42-38)27-39-25-28-19-13-10-14-20-28/h10-24,31-34H,25-27H2,1-9H3/t31-,32-,33+,34-,38-/m1/s1. The van der Waals surface area contributed by atoms with E-state index in [2.05, 4.69) is 135 Å². The van der Waals surface area contributed by atoms with Gasteiger partial charge >= 0.3 is 8.56 Å². The number of hydrogen-bond donors (Lipinski definition) is 0. The quantitative estimate of drug-likeness (QED) is 0.190. The Kier molecular flexibility index (Phi) is 8.86. The van der Waals surface area contributed by atoms with E-state index < -0.39 is 22.7 Å². The highest BCUT2D eigenvalue weighted by molar-refractivity contribution is 6.99. The average Bonchev–Trinajstić information content (AvgIpc) is 3.72. The Morgan fingerprint density at radius 2 is 1.26 bits per heavy atom. The van der Waals surface area contributed by atoms with Crippen LogP contribution in [0.5, 0.6) is 0 Å². The Morgan fingerprint density at radius 1 is 0.739 bits per heavy atom. The van der Waals surface area contributed by atoms with Gasteiger partial charge in [0.25, 0.3) is 8.32 Å². The highest BCUT2D eigenvalue weighted by Gasteiger charge is 2.74. The van der Waals surface area contributed by atoms with Crippen molar-refractivity contribution in [3.05, 3.63) is 96.6 Å². The summed E-state index contributed by atoms with van der Waals surface area (Å²) >= 11 is 0. The molecule has 3 aromatic carbocycles. The van der Waals surface area contributed by atoms with E-state index in [0.29, 0.717) is 19.8 Å². The molecule has 0 N–H and O–H groups in total. The predicted octanol–water partition coefficient (Wildman–Crippen LogP) is 7.10. The lowest BCUT2D eigenvalue weighted by Crippen LogP contribution is -2.74. The fourth-order valence-corrected chi connectivity index (χ4v) is 17.6. The van der Waals surface area contributed by atoms with Gasteiger partial charge in [0, 0.05) is 10.1 Å². The van der Waals surface area contributed by atoms with Gasteiger partial charge in [-0.05, 0) is 21.0 Å². The van der Waals surface area contributed by atoms with Gasteiger partial charge in [-0.1, -0.05) is 153 Å². The molecular formula is C38H52O6Si2. The third-order valence-corrected chi connectivity index (χ3v) is 20.1. The van der Waals surface area contributed by atoms with Crippen molar-refractivity contribution in [2.75, 3.05) is 13.2 Å². The van der Waals surface area contributed by atoms with Crippen LogP contribution >= 0.6 is 0 Å². The minimum absolute atomic E-state index is 0.185. The number of fused-ring (bicyclic) bond motifs is 2. The lowest BCUT2D eigenvalue weighted by atomic mass is 9.98. The molecule has 0 aliphatic carbocycles. The summed E-state index contributed by atoms with van der Waals surface area (Å²) in [4.78, 5) is 0. The van der Waals surface area contributed by atoms with Crippen LogP contribution in [0.3, 0.4) is 0 Å². The molecule has 0 amide bonds. The lowest BCUT2D eigenvalue weighted by molar-refractivity contribution is -0.216. The maximum Gasteiger partial charge on any atom is 0.349 e. The summed E-state index contributed by atoms with van der Waals surface area (Å²) < 4.78 is 41.9. The summed E-state index contributed by atoms with van der Waals surface area (Å²) in [6, 6.07) is 31.8. The van der Waals surface area contributed by atoms with Crippen molar-refractivity contribution < 1.29 is 27.5 Å². The first-order valence-corrected chi connectivity index (χ1v) is 20.4. The van der Waals surface area contributed by atoms with Crippen LogP contribution in [0, 0.1) is 0 Å². The summed E-state index contributed by atoms with van der Waals surface area (Å²) in [5.74, 6) is -0.913. The van der Waals surface area contributed by atoms with E-state index in [1.807, 2.05) is 18.2 Å². The minimum Gasteiger partial charge on any atom is -0.399 e. The van der Waals surface area contributed by atoms with Gasteiger partial charge in [-0.3, -0.25) is 0 Å². The highest BCUT2D eigenvalue weighted by atomic mass is 28.4. The molecule has 46 heavy (non-hydrogen) atoms. The molecule has 0 unspecified atom stereocenters. The fraction of sp³-hybridized carbons (Fsp3) is 0.526. The van der Waals surface area contributed by atoms with Gasteiger partial charge in [-0.15, -0.1) is 0 Å². The van der Waals surface area contributed by atoms with E-state index in [1.165, 1.54) is 10.4 Å². The Hall–Kier alpha value is -2.15. The third-order valence-electron chi connectivity index (χ3n) is 9.91. The molecule has 5 atom stereocenters. The van der Waals surface area contributed by atoms with Gasteiger partial charge in [-0.25, -0.2) is 0 Å². The number of hydrogen-bond acceptors (Lipinski definition) is 6. The van der Waals surface area contributed by atoms with E-state index in [-0.39, 0.29) is 39.5 Å². The van der Waals surface area contributed by atoms with Crippen LogP contribution in [0.25, 0.3) is 0 Å². The SMILES string of the molecule is CC(C)(C)[Si](O[C@H]1[C@@H]2O[Si](C(C)(C)C)(C(C)(C)C)OC[C@H]2O[C@]2(COCc3ccccc3)O[C@H]12)(c1ccccc1)c1ccccc1. The topological polar surface area (TPSA) is 58.7 Å². The first-order chi connectivity index (χ1) is 21.6. The predicted molar refractivity (Wildman–Crippen MR) is 187 cm³/mol. The van der Waals surface area contributed by atoms with Crippen molar-refractivity contribution in [3.8, 4) is 0 Å². The van der Waals surface area contributed by atoms with E-state index in [9.17, 15) is 0 Å². The molecule has 0 aromatic heterocycles. The first-order valence-electron chi connectivity index (χ1n) is 16.7. The van der Waals surface area contributed by atoms with Crippen LogP contribution in [0.15, 0.2) is 91.0 Å². The minimum atomic E-state index is -2.96. The Labute approximate surface area is 278 Å². The van der Waals surface area contributed by atoms with Crippen LogP contribution in [-0.2, 0) is 34.1 Å². The monoisotopic (exact) mass is 660 g/mol. The first kappa shape index (κ1) is 33.7. The molecule has 3 heterocycles. The van der Waals surface area contributed by atoms with Crippen molar-refractivity contribution >= 4 is 27.3 Å². The smallest absolute Gasteiger partial charge is 0.349 e. The molecule has 248 valence electrons. The number of rotatable bonds is 8. The Morgan fingerprint density at radius 3 is 1.76 bits per heavy atom. The van der Waals surface area contributed by atoms with Crippen LogP contribution < -0.4 is 10.4 Å². The summed E-state index contributed by atoms with van der Waals surface area (Å²) in [6.07, 6.45) is -1.43. The van der Waals surface area contributed by atoms with E-state index in [4.69, 9.17) is 27.5 Å². The molecule has 6 rings (SSSR count). The number of epoxide rings is 1. The number of ether oxygens (including phenoxy) is 3. The highest BCUT2D eigenvalue weighted by Crippen LogP contribution is 2.58. The third kappa shape index (κ3) is 5.79. The van der Waals surface area contributed by atoms with Gasteiger partial charge in [0.15, 0.2) is 0 Å². The summed E-state index contributed by atoms with van der Waals surface area (Å²) in [7, 11) is -5.82. The van der Waals surface area contributed by atoms with Crippen LogP contribution in [0.1, 0.15) is 67.9 Å². The van der Waals surface area contributed by atoms with E-state index >= 15 is 0 Å². The van der Waals surface area contributed by atoms with E-state index in [1.54, 1.807) is 0 Å². The molecule has 0 saturated carbocycles. The fourth-order valence-electron chi connectivity index (χ4n) is 7.97. The van der Waals surface area contributed by atoms with Crippen molar-refractivity contribution in [3.63, 3.8) is 0 Å². The molecule has 3 aliphatic heterocycles. The Balaban J connectivity index is 1.43. The molecule has 3 aliphatic rings. The normalized spacial score (nSPS) is 27.8. The summed E-state index contributed by atoms with van der Waals surface area (Å²) in [5.41, 5.74) is 1.11. The van der Waals surface area contributed by atoms with Gasteiger partial charge in [-0.2, -0.15) is 0 Å². The van der Waals surface area contributed by atoms with Gasteiger partial charge < -0.3 is 27.5 Å². The zero-order chi connectivity index (χ0) is 33.0. The molecule has 3 aromatic rings. The molecule has 8 heteroatoms. The van der Waals surface area contributed by atoms with Crippen molar-refractivity contribution in [2.45, 2.75) is 114 Å². The molecule has 0 bridgehead atoms. The van der Waals surface area contributed by atoms with Crippen LogP contribution in [0.2, 0.25) is 15.1 Å². The molecular weight excluding hydrogens is 609 g/mol.